The van der Waals surface area contributed by atoms with Gasteiger partial charge in [0, 0.05) is 16.4 Å². The van der Waals surface area contributed by atoms with E-state index >= 15 is 0 Å². The maximum Gasteiger partial charge on any atom is 0.0701 e. The van der Waals surface area contributed by atoms with E-state index in [1.165, 1.54) is 8.66 Å². The van der Waals surface area contributed by atoms with Gasteiger partial charge in [-0.2, -0.15) is 0 Å². The van der Waals surface area contributed by atoms with Crippen LogP contribution in [0.3, 0.4) is 0 Å². The first-order valence-corrected chi connectivity index (χ1v) is 7.17. The van der Waals surface area contributed by atoms with Crippen LogP contribution in [-0.4, -0.2) is 6.54 Å². The Hall–Kier alpha value is -0.710. The minimum absolute atomic E-state index is 0.662. The molecule has 1 heterocycles. The number of halogens is 2. The van der Waals surface area contributed by atoms with Crippen molar-refractivity contribution >= 4 is 50.2 Å². The molecule has 1 aromatic carbocycles. The van der Waals surface area contributed by atoms with Crippen LogP contribution in [0.5, 0.6) is 0 Å². The second-order valence-corrected chi connectivity index (χ2v) is 6.60. The number of nitrogen functional groups attached to an aromatic ring is 1. The lowest BCUT2D eigenvalue weighted by Gasteiger charge is -2.08. The van der Waals surface area contributed by atoms with Crippen LogP contribution in [0.15, 0.2) is 34.1 Å². The third kappa shape index (κ3) is 3.63. The summed E-state index contributed by atoms with van der Waals surface area (Å²) < 4.78 is 1.17. The quantitative estimate of drug-likeness (QED) is 0.815. The fourth-order valence-electron chi connectivity index (χ4n) is 1.50. The number of nitrogens with one attached hydrogen (secondary N) is 1. The molecule has 90 valence electrons. The van der Waals surface area contributed by atoms with Crippen LogP contribution >= 0.6 is 38.9 Å². The molecule has 0 fully saturated rings. The normalized spacial score (nSPS) is 10.5. The Morgan fingerprint density at radius 1 is 1.29 bits per heavy atom. The van der Waals surface area contributed by atoms with Gasteiger partial charge >= 0.3 is 0 Å². The zero-order valence-corrected chi connectivity index (χ0v) is 12.2. The molecule has 0 aliphatic rings. The SMILES string of the molecule is Nc1cc(Cl)ccc1NCCc1ccc(Br)s1. The van der Waals surface area contributed by atoms with E-state index in [-0.39, 0.29) is 0 Å². The second kappa shape index (κ2) is 5.76. The zero-order chi connectivity index (χ0) is 12.3. The largest absolute Gasteiger partial charge is 0.397 e. The molecule has 0 spiro atoms. The fraction of sp³-hybridized carbons (Fsp3) is 0.167. The summed E-state index contributed by atoms with van der Waals surface area (Å²) in [6, 6.07) is 9.69. The number of thiophene rings is 1. The maximum absolute atomic E-state index is 5.85. The molecule has 0 bridgehead atoms. The molecule has 0 saturated carbocycles. The van der Waals surface area contributed by atoms with Crippen molar-refractivity contribution in [2.45, 2.75) is 6.42 Å². The maximum atomic E-state index is 5.85. The van der Waals surface area contributed by atoms with Gasteiger partial charge in [-0.25, -0.2) is 0 Å². The van der Waals surface area contributed by atoms with Crippen LogP contribution in [0.4, 0.5) is 11.4 Å². The van der Waals surface area contributed by atoms with Gasteiger partial charge in [-0.3, -0.25) is 0 Å². The van der Waals surface area contributed by atoms with E-state index in [4.69, 9.17) is 17.3 Å². The highest BCUT2D eigenvalue weighted by atomic mass is 79.9. The molecule has 5 heteroatoms. The standard InChI is InChI=1S/C12H12BrClN2S/c13-12-4-2-9(17-12)5-6-16-11-3-1-8(14)7-10(11)15/h1-4,7,16H,5-6,15H2. The molecule has 0 unspecified atom stereocenters. The van der Waals surface area contributed by atoms with Crippen LogP contribution in [0.2, 0.25) is 5.02 Å². The minimum Gasteiger partial charge on any atom is -0.397 e. The van der Waals surface area contributed by atoms with Crippen LogP contribution in [0, 0.1) is 0 Å². The predicted molar refractivity (Wildman–Crippen MR) is 80.1 cm³/mol. The topological polar surface area (TPSA) is 38.0 Å². The number of anilines is 2. The molecular formula is C12H12BrClN2S. The van der Waals surface area contributed by atoms with Crippen molar-refractivity contribution in [2.75, 3.05) is 17.6 Å². The first-order valence-electron chi connectivity index (χ1n) is 5.18. The summed E-state index contributed by atoms with van der Waals surface area (Å²) in [6.07, 6.45) is 0.984. The lowest BCUT2D eigenvalue weighted by molar-refractivity contribution is 1.05. The minimum atomic E-state index is 0.662. The first-order chi connectivity index (χ1) is 8.15. The molecule has 2 rings (SSSR count). The lowest BCUT2D eigenvalue weighted by Crippen LogP contribution is -2.05. The van der Waals surface area contributed by atoms with Crippen molar-refractivity contribution in [1.29, 1.82) is 0 Å². The molecule has 0 radical (unpaired) electrons. The average Bonchev–Trinajstić information content (AvgIpc) is 2.68. The summed E-state index contributed by atoms with van der Waals surface area (Å²) in [6.45, 7) is 0.860. The summed E-state index contributed by atoms with van der Waals surface area (Å²) in [5.74, 6) is 0. The van der Waals surface area contributed by atoms with E-state index in [0.717, 1.165) is 18.7 Å². The van der Waals surface area contributed by atoms with Gasteiger partial charge in [0.2, 0.25) is 0 Å². The van der Waals surface area contributed by atoms with Gasteiger partial charge in [-0.15, -0.1) is 11.3 Å². The highest BCUT2D eigenvalue weighted by Crippen LogP contribution is 2.24. The van der Waals surface area contributed by atoms with Crippen molar-refractivity contribution in [3.8, 4) is 0 Å². The molecule has 2 aromatic rings. The van der Waals surface area contributed by atoms with Crippen molar-refractivity contribution in [3.05, 3.63) is 44.0 Å². The van der Waals surface area contributed by atoms with Gasteiger partial charge in [0.05, 0.1) is 15.2 Å². The molecule has 0 aliphatic carbocycles. The summed E-state index contributed by atoms with van der Waals surface area (Å²) in [5, 5.41) is 3.97. The first kappa shape index (κ1) is 12.7. The zero-order valence-electron chi connectivity index (χ0n) is 9.04. The highest BCUT2D eigenvalue weighted by molar-refractivity contribution is 9.11. The monoisotopic (exact) mass is 330 g/mol. The van der Waals surface area contributed by atoms with Gasteiger partial charge in [-0.1, -0.05) is 11.6 Å². The van der Waals surface area contributed by atoms with E-state index in [1.807, 2.05) is 12.1 Å². The van der Waals surface area contributed by atoms with Gasteiger partial charge in [0.15, 0.2) is 0 Å². The van der Waals surface area contributed by atoms with E-state index in [1.54, 1.807) is 17.4 Å². The van der Waals surface area contributed by atoms with Crippen LogP contribution < -0.4 is 11.1 Å². The fourth-order valence-corrected chi connectivity index (χ4v) is 3.16. The molecule has 0 saturated heterocycles. The average molecular weight is 332 g/mol. The molecule has 1 aromatic heterocycles. The Morgan fingerprint density at radius 2 is 2.12 bits per heavy atom. The highest BCUT2D eigenvalue weighted by Gasteiger charge is 2.01. The van der Waals surface area contributed by atoms with Gasteiger partial charge in [0.25, 0.3) is 0 Å². The molecule has 0 aliphatic heterocycles. The number of rotatable bonds is 4. The summed E-state index contributed by atoms with van der Waals surface area (Å²) in [7, 11) is 0. The predicted octanol–water partition coefficient (Wildman–Crippen LogP) is 4.40. The van der Waals surface area contributed by atoms with Crippen molar-refractivity contribution < 1.29 is 0 Å². The molecule has 3 N–H and O–H groups in total. The summed E-state index contributed by atoms with van der Waals surface area (Å²) in [4.78, 5) is 1.34. The number of nitrogens with two attached hydrogens (primary N) is 1. The van der Waals surface area contributed by atoms with Crippen molar-refractivity contribution in [1.82, 2.24) is 0 Å². The number of hydrogen-bond acceptors (Lipinski definition) is 3. The molecule has 2 nitrogen and oxygen atoms in total. The number of hydrogen-bond donors (Lipinski definition) is 2. The van der Waals surface area contributed by atoms with E-state index in [0.29, 0.717) is 10.7 Å². The molecule has 0 atom stereocenters. The molecule has 0 amide bonds. The van der Waals surface area contributed by atoms with Gasteiger partial charge in [0.1, 0.15) is 0 Å². The van der Waals surface area contributed by atoms with Gasteiger partial charge < -0.3 is 11.1 Å². The van der Waals surface area contributed by atoms with Crippen LogP contribution in [0.1, 0.15) is 4.88 Å². The van der Waals surface area contributed by atoms with Crippen molar-refractivity contribution in [3.63, 3.8) is 0 Å². The van der Waals surface area contributed by atoms with Crippen LogP contribution in [-0.2, 0) is 6.42 Å². The smallest absolute Gasteiger partial charge is 0.0701 e. The van der Waals surface area contributed by atoms with Gasteiger partial charge in [-0.05, 0) is 52.7 Å². The third-order valence-electron chi connectivity index (χ3n) is 2.33. The number of benzene rings is 1. The Bertz CT molecular complexity index is 513. The van der Waals surface area contributed by atoms with Crippen LogP contribution in [0.25, 0.3) is 0 Å². The summed E-state index contributed by atoms with van der Waals surface area (Å²) >= 11 is 11.0. The molecular weight excluding hydrogens is 320 g/mol. The Labute approximate surface area is 118 Å². The second-order valence-electron chi connectivity index (χ2n) is 3.61. The molecule has 17 heavy (non-hydrogen) atoms. The van der Waals surface area contributed by atoms with Crippen molar-refractivity contribution in [2.24, 2.45) is 0 Å². The Morgan fingerprint density at radius 3 is 2.76 bits per heavy atom. The van der Waals surface area contributed by atoms with E-state index in [2.05, 4.69) is 33.4 Å². The Balaban J connectivity index is 1.90. The third-order valence-corrected chi connectivity index (χ3v) is 4.25. The van der Waals surface area contributed by atoms with E-state index < -0.39 is 0 Å². The summed E-state index contributed by atoms with van der Waals surface area (Å²) in [5.41, 5.74) is 7.47. The lowest BCUT2D eigenvalue weighted by atomic mass is 10.2. The Kier molecular flexibility index (Phi) is 4.31. The van der Waals surface area contributed by atoms with E-state index in [9.17, 15) is 0 Å².